The highest BCUT2D eigenvalue weighted by Gasteiger charge is 2.18. The van der Waals surface area contributed by atoms with Crippen molar-refractivity contribution >= 4 is 21.9 Å². The van der Waals surface area contributed by atoms with Crippen LogP contribution in [-0.2, 0) is 0 Å². The van der Waals surface area contributed by atoms with Crippen LogP contribution in [0.25, 0.3) is 33.2 Å². The second kappa shape index (κ2) is 11.1. The molecule has 0 radical (unpaired) electrons. The van der Waals surface area contributed by atoms with Crippen molar-refractivity contribution in [3.8, 4) is 17.0 Å². The SMILES string of the molecule is CCC(CCNCC(O)COc1ccc(-c2noc3cc(F)ccc23)cc1)c1noc2cc(F)ccc12. The zero-order chi connectivity index (χ0) is 25.8. The van der Waals surface area contributed by atoms with Gasteiger partial charge in [-0.05, 0) is 67.9 Å². The Hall–Kier alpha value is -3.82. The minimum Gasteiger partial charge on any atom is -0.491 e. The smallest absolute Gasteiger partial charge is 0.170 e. The summed E-state index contributed by atoms with van der Waals surface area (Å²) in [6.07, 6.45) is 0.974. The van der Waals surface area contributed by atoms with E-state index in [1.54, 1.807) is 24.3 Å². The molecule has 5 aromatic rings. The summed E-state index contributed by atoms with van der Waals surface area (Å²) in [6.45, 7) is 3.26. The molecule has 2 unspecified atom stereocenters. The first kappa shape index (κ1) is 24.9. The summed E-state index contributed by atoms with van der Waals surface area (Å²) in [5.41, 5.74) is 3.11. The van der Waals surface area contributed by atoms with Crippen LogP contribution in [0.15, 0.2) is 69.7 Å². The minimum absolute atomic E-state index is 0.134. The van der Waals surface area contributed by atoms with Crippen molar-refractivity contribution in [2.75, 3.05) is 19.7 Å². The van der Waals surface area contributed by atoms with E-state index in [0.717, 1.165) is 34.9 Å². The average molecular weight is 508 g/mol. The number of rotatable bonds is 11. The number of ether oxygens (including phenoxy) is 1. The first-order valence-electron chi connectivity index (χ1n) is 12.2. The monoisotopic (exact) mass is 507 g/mol. The Morgan fingerprint density at radius 3 is 2.32 bits per heavy atom. The first-order chi connectivity index (χ1) is 18.0. The lowest BCUT2D eigenvalue weighted by molar-refractivity contribution is 0.106. The number of aliphatic hydroxyl groups excluding tert-OH is 1. The van der Waals surface area contributed by atoms with Crippen molar-refractivity contribution in [1.29, 1.82) is 0 Å². The summed E-state index contributed by atoms with van der Waals surface area (Å²) in [6, 6.07) is 16.0. The molecule has 0 aliphatic carbocycles. The third-order valence-corrected chi connectivity index (χ3v) is 6.40. The molecule has 2 aromatic heterocycles. The topological polar surface area (TPSA) is 93.5 Å². The Kier molecular flexibility index (Phi) is 7.43. The Balaban J connectivity index is 1.08. The summed E-state index contributed by atoms with van der Waals surface area (Å²) in [7, 11) is 0. The van der Waals surface area contributed by atoms with Gasteiger partial charge in [0.2, 0.25) is 0 Å². The minimum atomic E-state index is -0.690. The molecule has 2 heterocycles. The molecule has 0 fully saturated rings. The van der Waals surface area contributed by atoms with Crippen LogP contribution >= 0.6 is 0 Å². The van der Waals surface area contributed by atoms with E-state index in [9.17, 15) is 13.9 Å². The van der Waals surface area contributed by atoms with Gasteiger partial charge in [-0.1, -0.05) is 17.2 Å². The fraction of sp³-hybridized carbons (Fsp3) is 0.286. The van der Waals surface area contributed by atoms with Crippen molar-refractivity contribution in [2.45, 2.75) is 31.8 Å². The number of nitrogens with one attached hydrogen (secondary N) is 1. The van der Waals surface area contributed by atoms with Gasteiger partial charge in [-0.2, -0.15) is 0 Å². The van der Waals surface area contributed by atoms with Crippen molar-refractivity contribution in [2.24, 2.45) is 0 Å². The lowest BCUT2D eigenvalue weighted by Crippen LogP contribution is -2.32. The predicted octanol–water partition coefficient (Wildman–Crippen LogP) is 5.83. The average Bonchev–Trinajstić information content (AvgIpc) is 3.51. The summed E-state index contributed by atoms with van der Waals surface area (Å²) < 4.78 is 43.0. The van der Waals surface area contributed by atoms with E-state index in [-0.39, 0.29) is 24.2 Å². The molecule has 9 heteroatoms. The van der Waals surface area contributed by atoms with Gasteiger partial charge in [0.1, 0.15) is 35.8 Å². The molecular weight excluding hydrogens is 480 g/mol. The molecule has 0 spiro atoms. The number of hydrogen-bond acceptors (Lipinski definition) is 7. The van der Waals surface area contributed by atoms with Crippen LogP contribution in [0.3, 0.4) is 0 Å². The lowest BCUT2D eigenvalue weighted by Gasteiger charge is -2.16. The molecule has 7 nitrogen and oxygen atoms in total. The van der Waals surface area contributed by atoms with Crippen molar-refractivity contribution in [3.63, 3.8) is 0 Å². The molecule has 3 aromatic carbocycles. The maximum Gasteiger partial charge on any atom is 0.170 e. The third-order valence-electron chi connectivity index (χ3n) is 6.40. The maximum atomic E-state index is 13.4. The molecule has 0 aliphatic heterocycles. The van der Waals surface area contributed by atoms with Crippen LogP contribution < -0.4 is 10.1 Å². The van der Waals surface area contributed by atoms with Crippen LogP contribution in [0, 0.1) is 11.6 Å². The van der Waals surface area contributed by atoms with Crippen LogP contribution in [-0.4, -0.2) is 41.2 Å². The van der Waals surface area contributed by atoms with Gasteiger partial charge in [-0.15, -0.1) is 0 Å². The Morgan fingerprint density at radius 1 is 0.919 bits per heavy atom. The lowest BCUT2D eigenvalue weighted by atomic mass is 9.96. The molecule has 5 rings (SSSR count). The van der Waals surface area contributed by atoms with E-state index in [4.69, 9.17) is 13.8 Å². The first-order valence-corrected chi connectivity index (χ1v) is 12.2. The number of hydrogen-bond donors (Lipinski definition) is 2. The van der Waals surface area contributed by atoms with E-state index < -0.39 is 6.10 Å². The van der Waals surface area contributed by atoms with Gasteiger partial charge in [0.05, 0.1) is 5.69 Å². The van der Waals surface area contributed by atoms with Gasteiger partial charge < -0.3 is 24.2 Å². The number of fused-ring (bicyclic) bond motifs is 2. The summed E-state index contributed by atoms with van der Waals surface area (Å²) in [4.78, 5) is 0. The summed E-state index contributed by atoms with van der Waals surface area (Å²) >= 11 is 0. The van der Waals surface area contributed by atoms with Crippen molar-refractivity contribution in [3.05, 3.63) is 78.0 Å². The second-order valence-corrected chi connectivity index (χ2v) is 8.97. The summed E-state index contributed by atoms with van der Waals surface area (Å²) in [5, 5.41) is 23.4. The van der Waals surface area contributed by atoms with E-state index in [1.165, 1.54) is 24.3 Å². The van der Waals surface area contributed by atoms with Crippen LogP contribution in [0.4, 0.5) is 8.78 Å². The second-order valence-electron chi connectivity index (χ2n) is 8.97. The molecule has 0 amide bonds. The predicted molar refractivity (Wildman–Crippen MR) is 135 cm³/mol. The van der Waals surface area contributed by atoms with Gasteiger partial charge in [0.15, 0.2) is 11.2 Å². The van der Waals surface area contributed by atoms with Gasteiger partial charge in [0, 0.05) is 40.9 Å². The Bertz CT molecular complexity index is 1480. The Labute approximate surface area is 212 Å². The maximum absolute atomic E-state index is 13.4. The van der Waals surface area contributed by atoms with Crippen molar-refractivity contribution in [1.82, 2.24) is 15.6 Å². The molecule has 0 saturated carbocycles. The number of halogens is 2. The molecule has 2 atom stereocenters. The fourth-order valence-corrected chi connectivity index (χ4v) is 4.38. The molecule has 2 N–H and O–H groups in total. The zero-order valence-electron chi connectivity index (χ0n) is 20.3. The van der Waals surface area contributed by atoms with Gasteiger partial charge in [0.25, 0.3) is 0 Å². The fourth-order valence-electron chi connectivity index (χ4n) is 4.38. The van der Waals surface area contributed by atoms with Crippen LogP contribution in [0.5, 0.6) is 5.75 Å². The number of nitrogens with zero attached hydrogens (tertiary/aromatic N) is 2. The highest BCUT2D eigenvalue weighted by Crippen LogP contribution is 2.31. The zero-order valence-corrected chi connectivity index (χ0v) is 20.3. The number of aromatic nitrogens is 2. The van der Waals surface area contributed by atoms with E-state index >= 15 is 0 Å². The summed E-state index contributed by atoms with van der Waals surface area (Å²) in [5.74, 6) is 0.0473. The van der Waals surface area contributed by atoms with Gasteiger partial charge >= 0.3 is 0 Å². The highest BCUT2D eigenvalue weighted by atomic mass is 19.1. The van der Waals surface area contributed by atoms with Gasteiger partial charge in [-0.3, -0.25) is 0 Å². The number of benzene rings is 3. The van der Waals surface area contributed by atoms with Crippen molar-refractivity contribution < 1.29 is 27.7 Å². The molecule has 37 heavy (non-hydrogen) atoms. The highest BCUT2D eigenvalue weighted by molar-refractivity contribution is 5.91. The molecule has 0 aliphatic rings. The number of aliphatic hydroxyl groups is 1. The van der Waals surface area contributed by atoms with Crippen LogP contribution in [0.2, 0.25) is 0 Å². The Morgan fingerprint density at radius 2 is 1.59 bits per heavy atom. The van der Waals surface area contributed by atoms with E-state index in [2.05, 4.69) is 22.6 Å². The standard InChI is InChI=1S/C28H27F2N3O4/c1-2-17(27-23-9-5-19(29)13-25(23)36-32-27)11-12-31-15-21(34)16-35-22-7-3-18(4-8-22)28-24-10-6-20(30)14-26(24)37-33-28/h3-10,13-14,17,21,31,34H,2,11-12,15-16H2,1H3. The quantitative estimate of drug-likeness (QED) is 0.217. The van der Waals surface area contributed by atoms with Gasteiger partial charge in [-0.25, -0.2) is 8.78 Å². The van der Waals surface area contributed by atoms with E-state index in [0.29, 0.717) is 35.7 Å². The van der Waals surface area contributed by atoms with E-state index in [1.807, 2.05) is 12.1 Å². The normalized spacial score (nSPS) is 13.3. The third kappa shape index (κ3) is 5.63. The largest absolute Gasteiger partial charge is 0.491 e. The molecule has 192 valence electrons. The van der Waals surface area contributed by atoms with Crippen LogP contribution in [0.1, 0.15) is 31.4 Å². The molecule has 0 bridgehead atoms. The molecular formula is C28H27F2N3O4. The molecule has 0 saturated heterocycles.